The summed E-state index contributed by atoms with van der Waals surface area (Å²) < 4.78 is 11.0. The van der Waals surface area contributed by atoms with Crippen LogP contribution in [0.4, 0.5) is 0 Å². The van der Waals surface area contributed by atoms with E-state index in [0.29, 0.717) is 19.3 Å². The van der Waals surface area contributed by atoms with E-state index in [9.17, 15) is 14.2 Å². The molecule has 0 aliphatic heterocycles. The molecule has 2 rings (SSSR count). The highest BCUT2D eigenvalue weighted by Gasteiger charge is 2.42. The lowest BCUT2D eigenvalue weighted by Crippen LogP contribution is -2.52. The molecule has 0 amide bonds. The SMILES string of the molecule is NC1CCCC(N)(CCP(=O)(O)O)c2c1c(=O)c2=O. The minimum Gasteiger partial charge on any atom is -0.324 e. The molecule has 1 aromatic rings. The molecule has 0 saturated carbocycles. The van der Waals surface area contributed by atoms with Crippen molar-refractivity contribution in [1.82, 2.24) is 0 Å². The Labute approximate surface area is 109 Å². The van der Waals surface area contributed by atoms with E-state index in [2.05, 4.69) is 0 Å². The quantitative estimate of drug-likeness (QED) is 0.323. The van der Waals surface area contributed by atoms with Gasteiger partial charge in [0, 0.05) is 22.7 Å². The molecule has 2 atom stereocenters. The van der Waals surface area contributed by atoms with Gasteiger partial charge in [-0.15, -0.1) is 0 Å². The molecule has 0 spiro atoms. The summed E-state index contributed by atoms with van der Waals surface area (Å²) in [6.45, 7) is 0. The van der Waals surface area contributed by atoms with Crippen LogP contribution in [-0.4, -0.2) is 15.9 Å². The number of hydrogen-bond donors (Lipinski definition) is 4. The second-order valence-corrected chi connectivity index (χ2v) is 7.02. The smallest absolute Gasteiger partial charge is 0.324 e. The van der Waals surface area contributed by atoms with Crippen molar-refractivity contribution in [2.45, 2.75) is 37.3 Å². The lowest BCUT2D eigenvalue weighted by Gasteiger charge is -2.31. The highest BCUT2D eigenvalue weighted by atomic mass is 31.2. The lowest BCUT2D eigenvalue weighted by molar-refractivity contribution is 0.342. The van der Waals surface area contributed by atoms with Crippen molar-refractivity contribution in [3.05, 3.63) is 31.6 Å². The van der Waals surface area contributed by atoms with E-state index in [1.807, 2.05) is 0 Å². The van der Waals surface area contributed by atoms with E-state index in [1.54, 1.807) is 0 Å². The van der Waals surface area contributed by atoms with Crippen LogP contribution < -0.4 is 22.3 Å². The molecule has 0 radical (unpaired) electrons. The molecule has 0 saturated heterocycles. The van der Waals surface area contributed by atoms with Gasteiger partial charge in [0.2, 0.25) is 10.9 Å². The zero-order valence-electron chi connectivity index (χ0n) is 10.3. The van der Waals surface area contributed by atoms with Crippen LogP contribution >= 0.6 is 7.60 Å². The Kier molecular flexibility index (Phi) is 3.53. The third-order valence-electron chi connectivity index (χ3n) is 3.80. The van der Waals surface area contributed by atoms with Gasteiger partial charge in [-0.3, -0.25) is 14.2 Å². The fourth-order valence-electron chi connectivity index (χ4n) is 2.76. The molecular formula is C11H17N2O5P. The predicted molar refractivity (Wildman–Crippen MR) is 69.5 cm³/mol. The molecule has 0 heterocycles. The fourth-order valence-corrected chi connectivity index (χ4v) is 3.45. The molecule has 0 bridgehead atoms. The van der Waals surface area contributed by atoms with Crippen molar-refractivity contribution < 1.29 is 14.4 Å². The summed E-state index contributed by atoms with van der Waals surface area (Å²) in [7, 11) is -4.19. The van der Waals surface area contributed by atoms with Gasteiger partial charge in [0.25, 0.3) is 0 Å². The zero-order chi connectivity index (χ0) is 14.4. The van der Waals surface area contributed by atoms with Crippen LogP contribution in [-0.2, 0) is 10.1 Å². The Morgan fingerprint density at radius 1 is 1.32 bits per heavy atom. The van der Waals surface area contributed by atoms with E-state index >= 15 is 0 Å². The van der Waals surface area contributed by atoms with Crippen LogP contribution in [0.1, 0.15) is 42.9 Å². The molecule has 6 N–H and O–H groups in total. The third-order valence-corrected chi connectivity index (χ3v) is 4.61. The fraction of sp³-hybridized carbons (Fsp3) is 0.636. The average Bonchev–Trinajstić information content (AvgIpc) is 2.41. The van der Waals surface area contributed by atoms with E-state index in [4.69, 9.17) is 21.3 Å². The lowest BCUT2D eigenvalue weighted by atomic mass is 9.79. The second kappa shape index (κ2) is 4.61. The van der Waals surface area contributed by atoms with Gasteiger partial charge in [-0.05, 0) is 25.7 Å². The Hall–Kier alpha value is -0.850. The van der Waals surface area contributed by atoms with Crippen LogP contribution in [0.5, 0.6) is 0 Å². The zero-order valence-corrected chi connectivity index (χ0v) is 11.2. The van der Waals surface area contributed by atoms with Gasteiger partial charge < -0.3 is 21.3 Å². The molecule has 2 unspecified atom stereocenters. The molecule has 1 aromatic carbocycles. The molecule has 1 aliphatic carbocycles. The van der Waals surface area contributed by atoms with Crippen molar-refractivity contribution in [2.75, 3.05) is 6.16 Å². The van der Waals surface area contributed by atoms with Crippen LogP contribution in [0.25, 0.3) is 0 Å². The first-order chi connectivity index (χ1) is 8.66. The van der Waals surface area contributed by atoms with Gasteiger partial charge in [0.15, 0.2) is 0 Å². The van der Waals surface area contributed by atoms with Crippen molar-refractivity contribution in [3.63, 3.8) is 0 Å². The highest BCUT2D eigenvalue weighted by molar-refractivity contribution is 7.51. The predicted octanol–water partition coefficient (Wildman–Crippen LogP) is -0.812. The maximum Gasteiger partial charge on any atom is 0.325 e. The normalized spacial score (nSPS) is 28.1. The van der Waals surface area contributed by atoms with Gasteiger partial charge in [-0.25, -0.2) is 0 Å². The Morgan fingerprint density at radius 3 is 2.53 bits per heavy atom. The Bertz CT molecular complexity index is 615. The Balaban J connectivity index is 2.38. The molecule has 106 valence electrons. The first kappa shape index (κ1) is 14.6. The summed E-state index contributed by atoms with van der Waals surface area (Å²) in [5.41, 5.74) is 10.0. The van der Waals surface area contributed by atoms with Crippen LogP contribution in [0.15, 0.2) is 9.59 Å². The standard InChI is InChI=1S/C11H17N2O5P/c12-6-2-1-3-11(13,4-5-19(16,17)18)8-7(6)9(14)10(8)15/h6H,1-5,12-13H2,(H2,16,17,18). The summed E-state index contributed by atoms with van der Waals surface area (Å²) in [4.78, 5) is 41.1. The van der Waals surface area contributed by atoms with Crippen LogP contribution in [0.3, 0.4) is 0 Å². The average molecular weight is 288 g/mol. The first-order valence-electron chi connectivity index (χ1n) is 6.08. The highest BCUT2D eigenvalue weighted by Crippen LogP contribution is 2.42. The van der Waals surface area contributed by atoms with Gasteiger partial charge in [0.05, 0.1) is 6.16 Å². The summed E-state index contributed by atoms with van der Waals surface area (Å²) >= 11 is 0. The molecule has 8 heteroatoms. The van der Waals surface area contributed by atoms with E-state index in [-0.39, 0.29) is 17.5 Å². The molecule has 0 fully saturated rings. The van der Waals surface area contributed by atoms with E-state index in [0.717, 1.165) is 0 Å². The monoisotopic (exact) mass is 288 g/mol. The number of fused-ring (bicyclic) bond motifs is 1. The van der Waals surface area contributed by atoms with Crippen molar-refractivity contribution in [1.29, 1.82) is 0 Å². The summed E-state index contributed by atoms with van der Waals surface area (Å²) in [6.07, 6.45) is 1.14. The molecule has 19 heavy (non-hydrogen) atoms. The summed E-state index contributed by atoms with van der Waals surface area (Å²) in [5, 5.41) is 0. The van der Waals surface area contributed by atoms with E-state index < -0.39 is 36.2 Å². The minimum absolute atomic E-state index is 0.0259. The van der Waals surface area contributed by atoms with Gasteiger partial charge in [-0.2, -0.15) is 0 Å². The van der Waals surface area contributed by atoms with Crippen LogP contribution in [0, 0.1) is 0 Å². The van der Waals surface area contributed by atoms with Crippen LogP contribution in [0.2, 0.25) is 0 Å². The number of rotatable bonds is 3. The second-order valence-electron chi connectivity index (χ2n) is 5.24. The summed E-state index contributed by atoms with van der Waals surface area (Å²) in [6, 6.07) is -0.499. The molecular weight excluding hydrogens is 271 g/mol. The summed E-state index contributed by atoms with van der Waals surface area (Å²) in [5.74, 6) is 0. The topological polar surface area (TPSA) is 144 Å². The molecule has 0 aromatic heterocycles. The maximum atomic E-state index is 11.7. The minimum atomic E-state index is -4.19. The van der Waals surface area contributed by atoms with E-state index in [1.165, 1.54) is 0 Å². The number of nitrogens with two attached hydrogens (primary N) is 2. The third kappa shape index (κ3) is 2.57. The van der Waals surface area contributed by atoms with Gasteiger partial charge in [0.1, 0.15) is 0 Å². The van der Waals surface area contributed by atoms with Crippen molar-refractivity contribution >= 4 is 7.60 Å². The van der Waals surface area contributed by atoms with Crippen molar-refractivity contribution in [3.8, 4) is 0 Å². The first-order valence-corrected chi connectivity index (χ1v) is 7.88. The van der Waals surface area contributed by atoms with Gasteiger partial charge >= 0.3 is 7.60 Å². The number of hydrogen-bond acceptors (Lipinski definition) is 5. The maximum absolute atomic E-state index is 11.7. The largest absolute Gasteiger partial charge is 0.325 e. The molecule has 1 aliphatic rings. The van der Waals surface area contributed by atoms with Crippen molar-refractivity contribution in [2.24, 2.45) is 11.5 Å². The van der Waals surface area contributed by atoms with Gasteiger partial charge in [-0.1, -0.05) is 0 Å². The molecule has 7 nitrogen and oxygen atoms in total. The Morgan fingerprint density at radius 2 is 1.95 bits per heavy atom.